The number of ketones is 1. The van der Waals surface area contributed by atoms with Gasteiger partial charge in [-0.25, -0.2) is 0 Å². The van der Waals surface area contributed by atoms with Gasteiger partial charge in [0.1, 0.15) is 22.8 Å². The van der Waals surface area contributed by atoms with Crippen molar-refractivity contribution >= 4 is 5.78 Å². The quantitative estimate of drug-likeness (QED) is 0.476. The number of Topliss-reactive ketones (excluding diaryl/α,β-unsaturated/α-hetero) is 1. The van der Waals surface area contributed by atoms with Crippen LogP contribution in [-0.2, 0) is 0 Å². The fourth-order valence-electron chi connectivity index (χ4n) is 4.69. The molecule has 0 radical (unpaired) electrons. The molecule has 3 aromatic carbocycles. The van der Waals surface area contributed by atoms with Crippen LogP contribution < -0.4 is 33.2 Å². The molecule has 0 spiro atoms. The Bertz CT molecular complexity index is 1350. The van der Waals surface area contributed by atoms with E-state index in [4.69, 9.17) is 33.2 Å². The molecule has 0 unspecified atom stereocenters. The highest BCUT2D eigenvalue weighted by Gasteiger charge is 2.41. The summed E-state index contributed by atoms with van der Waals surface area (Å²) in [5, 5.41) is 20.9. The molecule has 3 aromatic rings. The van der Waals surface area contributed by atoms with Crippen LogP contribution in [0.25, 0.3) is 0 Å². The van der Waals surface area contributed by atoms with Crippen LogP contribution in [0.5, 0.6) is 40.2 Å². The second-order valence-electron chi connectivity index (χ2n) is 8.75. The first-order chi connectivity index (χ1) is 18.4. The molecule has 200 valence electrons. The zero-order chi connectivity index (χ0) is 27.0. The summed E-state index contributed by atoms with van der Waals surface area (Å²) in [6, 6.07) is 13.4. The molecule has 0 aliphatic carbocycles. The Morgan fingerprint density at radius 2 is 1.39 bits per heavy atom. The van der Waals surface area contributed by atoms with Crippen LogP contribution in [0.2, 0.25) is 0 Å². The summed E-state index contributed by atoms with van der Waals surface area (Å²) >= 11 is 0. The number of carbonyl (C=O) groups is 1. The van der Waals surface area contributed by atoms with E-state index in [0.29, 0.717) is 39.9 Å². The van der Waals surface area contributed by atoms with Gasteiger partial charge in [-0.2, -0.15) is 0 Å². The first-order valence-corrected chi connectivity index (χ1v) is 11.9. The smallest absolute Gasteiger partial charge is 0.202 e. The molecule has 0 saturated heterocycles. The van der Waals surface area contributed by atoms with Gasteiger partial charge in [-0.15, -0.1) is 0 Å². The van der Waals surface area contributed by atoms with Crippen molar-refractivity contribution in [1.82, 2.24) is 0 Å². The Morgan fingerprint density at radius 3 is 2.08 bits per heavy atom. The molecule has 0 amide bonds. The summed E-state index contributed by atoms with van der Waals surface area (Å²) in [7, 11) is 6.00. The third-order valence-electron chi connectivity index (χ3n) is 6.63. The van der Waals surface area contributed by atoms with Crippen LogP contribution in [0.1, 0.15) is 33.7 Å². The maximum Gasteiger partial charge on any atom is 0.202 e. The second-order valence-corrected chi connectivity index (χ2v) is 8.75. The van der Waals surface area contributed by atoms with Crippen LogP contribution in [0.15, 0.2) is 48.5 Å². The van der Waals surface area contributed by atoms with Crippen molar-refractivity contribution in [3.8, 4) is 40.2 Å². The molecule has 0 saturated carbocycles. The maximum atomic E-state index is 13.1. The Hall–Kier alpha value is -4.15. The first-order valence-electron chi connectivity index (χ1n) is 11.9. The van der Waals surface area contributed by atoms with Gasteiger partial charge in [0.05, 0.1) is 35.0 Å². The third kappa shape index (κ3) is 4.31. The van der Waals surface area contributed by atoms with E-state index in [0.717, 1.165) is 0 Å². The van der Waals surface area contributed by atoms with E-state index in [1.807, 2.05) is 0 Å². The number of fused-ring (bicyclic) bond motifs is 2. The Kier molecular flexibility index (Phi) is 6.92. The van der Waals surface area contributed by atoms with Crippen LogP contribution in [0, 0.1) is 0 Å². The molecule has 2 aliphatic rings. The molecule has 5 rings (SSSR count). The first kappa shape index (κ1) is 25.5. The third-order valence-corrected chi connectivity index (χ3v) is 6.63. The van der Waals surface area contributed by atoms with Gasteiger partial charge >= 0.3 is 0 Å². The number of ether oxygens (including phenoxy) is 7. The topological polar surface area (TPSA) is 122 Å². The Labute approximate surface area is 219 Å². The van der Waals surface area contributed by atoms with Crippen LogP contribution >= 0.6 is 0 Å². The van der Waals surface area contributed by atoms with E-state index in [1.165, 1.54) is 21.3 Å². The van der Waals surface area contributed by atoms with E-state index >= 15 is 0 Å². The molecule has 0 aromatic heterocycles. The molecule has 0 bridgehead atoms. The number of benzene rings is 3. The number of hydrogen-bond donors (Lipinski definition) is 2. The second kappa shape index (κ2) is 10.3. The summed E-state index contributed by atoms with van der Waals surface area (Å²) in [6.07, 6.45) is -3.86. The predicted molar refractivity (Wildman–Crippen MR) is 134 cm³/mol. The molecular formula is C28H28O10. The zero-order valence-electron chi connectivity index (χ0n) is 21.3. The summed E-state index contributed by atoms with van der Waals surface area (Å²) in [4.78, 5) is 13.1. The highest BCUT2D eigenvalue weighted by Crippen LogP contribution is 2.46. The monoisotopic (exact) mass is 524 g/mol. The number of methoxy groups -OCH3 is 4. The molecule has 0 fully saturated rings. The van der Waals surface area contributed by atoms with Crippen molar-refractivity contribution in [3.63, 3.8) is 0 Å². The van der Waals surface area contributed by atoms with E-state index < -0.39 is 30.2 Å². The number of rotatable bonds is 7. The van der Waals surface area contributed by atoms with Crippen molar-refractivity contribution in [2.24, 2.45) is 0 Å². The minimum absolute atomic E-state index is 0.147. The van der Waals surface area contributed by atoms with Gasteiger partial charge in [-0.1, -0.05) is 12.1 Å². The lowest BCUT2D eigenvalue weighted by Gasteiger charge is -2.35. The minimum atomic E-state index is -1.49. The zero-order valence-corrected chi connectivity index (χ0v) is 21.3. The number of carbonyl (C=O) groups excluding carboxylic acids is 1. The maximum absolute atomic E-state index is 13.1. The summed E-state index contributed by atoms with van der Waals surface area (Å²) in [6.45, 7) is -0.292. The van der Waals surface area contributed by atoms with Gasteiger partial charge in [0, 0.05) is 17.7 Å². The van der Waals surface area contributed by atoms with Crippen molar-refractivity contribution in [3.05, 3.63) is 65.2 Å². The minimum Gasteiger partial charge on any atom is -0.496 e. The van der Waals surface area contributed by atoms with Gasteiger partial charge in [0.2, 0.25) is 5.78 Å². The fraction of sp³-hybridized carbons (Fsp3) is 0.321. The lowest BCUT2D eigenvalue weighted by Crippen LogP contribution is -2.37. The van der Waals surface area contributed by atoms with Crippen molar-refractivity contribution in [2.45, 2.75) is 24.4 Å². The molecule has 2 N–H and O–H groups in total. The average Bonchev–Trinajstić information content (AvgIpc) is 2.96. The summed E-state index contributed by atoms with van der Waals surface area (Å²) in [5.41, 5.74) is 1.35. The largest absolute Gasteiger partial charge is 0.496 e. The van der Waals surface area contributed by atoms with Crippen molar-refractivity contribution < 1.29 is 48.2 Å². The van der Waals surface area contributed by atoms with Crippen LogP contribution in [-0.4, -0.2) is 63.3 Å². The highest BCUT2D eigenvalue weighted by atomic mass is 16.6. The normalized spacial score (nSPS) is 21.7. The van der Waals surface area contributed by atoms with Crippen molar-refractivity contribution in [2.75, 3.05) is 35.0 Å². The predicted octanol–water partition coefficient (Wildman–Crippen LogP) is 3.27. The average molecular weight is 525 g/mol. The van der Waals surface area contributed by atoms with Gasteiger partial charge in [0.15, 0.2) is 47.4 Å². The van der Waals surface area contributed by atoms with Crippen LogP contribution in [0.3, 0.4) is 0 Å². The fourth-order valence-corrected chi connectivity index (χ4v) is 4.69. The number of hydrogen-bond acceptors (Lipinski definition) is 10. The number of aliphatic hydroxyl groups excluding tert-OH is 2. The molecule has 4 atom stereocenters. The van der Waals surface area contributed by atoms with Crippen LogP contribution in [0.4, 0.5) is 0 Å². The standard InChI is InChI=1S/C28H28O10/c1-32-16-11-21(35-4)24-22(12-16)38-28(26(31)25(24)30)15-6-8-18-20(10-15)37-27(23(13-29)36-18)14-5-7-17(33-2)19(9-14)34-3/h5-12,23,26-29,31H,13H2,1-4H3/t23-,26-,27-,28+/m0/s1. The molecule has 2 aliphatic heterocycles. The van der Waals surface area contributed by atoms with E-state index in [2.05, 4.69) is 0 Å². The Morgan fingerprint density at radius 1 is 0.711 bits per heavy atom. The highest BCUT2D eigenvalue weighted by molar-refractivity contribution is 6.05. The van der Waals surface area contributed by atoms with Crippen molar-refractivity contribution in [1.29, 1.82) is 0 Å². The molecule has 38 heavy (non-hydrogen) atoms. The molecule has 10 heteroatoms. The molecule has 10 nitrogen and oxygen atoms in total. The summed E-state index contributed by atoms with van der Waals surface area (Å²) in [5.74, 6) is 2.23. The van der Waals surface area contributed by atoms with E-state index in [-0.39, 0.29) is 23.7 Å². The van der Waals surface area contributed by atoms with Gasteiger partial charge in [0.25, 0.3) is 0 Å². The lowest BCUT2D eigenvalue weighted by molar-refractivity contribution is -0.0130. The summed E-state index contributed by atoms with van der Waals surface area (Å²) < 4.78 is 39.8. The number of aliphatic hydroxyl groups is 2. The SMILES string of the molecule is COc1cc(OC)c2c(c1)O[C@H](c1ccc3c(c1)O[C@@H](c1ccc(OC)c(OC)c1)[C@H](CO)O3)[C@@H](O)C2=O. The molecular weight excluding hydrogens is 496 g/mol. The van der Waals surface area contributed by atoms with Gasteiger partial charge in [-0.3, -0.25) is 4.79 Å². The Balaban J connectivity index is 1.49. The lowest BCUT2D eigenvalue weighted by atomic mass is 9.92. The van der Waals surface area contributed by atoms with E-state index in [1.54, 1.807) is 55.6 Å². The van der Waals surface area contributed by atoms with E-state index in [9.17, 15) is 15.0 Å². The molecule has 2 heterocycles. The van der Waals surface area contributed by atoms with Gasteiger partial charge < -0.3 is 43.4 Å². The van der Waals surface area contributed by atoms with Gasteiger partial charge in [-0.05, 0) is 29.8 Å².